The lowest BCUT2D eigenvalue weighted by Crippen LogP contribution is -1.98. The van der Waals surface area contributed by atoms with Crippen LogP contribution in [0.15, 0.2) is 6.07 Å². The maximum absolute atomic E-state index is 5.29. The van der Waals surface area contributed by atoms with Crippen LogP contribution in [-0.4, -0.2) is 19.2 Å². The normalized spacial score (nSPS) is 15.4. The van der Waals surface area contributed by atoms with Gasteiger partial charge in [0.15, 0.2) is 0 Å². The predicted octanol–water partition coefficient (Wildman–Crippen LogP) is 2.28. The Morgan fingerprint density at radius 2 is 2.00 bits per heavy atom. The lowest BCUT2D eigenvalue weighted by atomic mass is 10.2. The molecule has 1 aliphatic rings. The number of hydrogen-bond acceptors (Lipinski definition) is 3. The summed E-state index contributed by atoms with van der Waals surface area (Å²) in [5, 5.41) is 0. The fraction of sp³-hybridized carbons (Fsp3) is 0.545. The summed E-state index contributed by atoms with van der Waals surface area (Å²) < 4.78 is 10.5. The Kier molecular flexibility index (Phi) is 2.32. The zero-order chi connectivity index (χ0) is 10.1. The van der Waals surface area contributed by atoms with Gasteiger partial charge in [-0.05, 0) is 19.8 Å². The van der Waals surface area contributed by atoms with E-state index < -0.39 is 0 Å². The highest BCUT2D eigenvalue weighted by Crippen LogP contribution is 2.41. The van der Waals surface area contributed by atoms with E-state index in [1.807, 2.05) is 13.0 Å². The molecule has 0 aromatic carbocycles. The molecule has 0 N–H and O–H groups in total. The zero-order valence-corrected chi connectivity index (χ0v) is 8.83. The zero-order valence-electron chi connectivity index (χ0n) is 8.83. The molecule has 0 atom stereocenters. The van der Waals surface area contributed by atoms with Gasteiger partial charge in [0.25, 0.3) is 0 Å². The smallest absolute Gasteiger partial charge is 0.219 e. The van der Waals surface area contributed by atoms with Gasteiger partial charge >= 0.3 is 0 Å². The van der Waals surface area contributed by atoms with Gasteiger partial charge in [-0.1, -0.05) is 0 Å². The third kappa shape index (κ3) is 1.54. The summed E-state index contributed by atoms with van der Waals surface area (Å²) in [6.45, 7) is 1.96. The standard InChI is InChI=1S/C11H15NO2/c1-7-10(13-2)6-9(8-4-5-8)12-11(7)14-3/h6,8H,4-5H2,1-3H3. The van der Waals surface area contributed by atoms with Crippen molar-refractivity contribution >= 4 is 0 Å². The molecule has 1 aromatic heterocycles. The molecular weight excluding hydrogens is 178 g/mol. The van der Waals surface area contributed by atoms with Crippen molar-refractivity contribution in [3.8, 4) is 11.6 Å². The molecule has 0 amide bonds. The number of hydrogen-bond donors (Lipinski definition) is 0. The molecule has 1 aromatic rings. The summed E-state index contributed by atoms with van der Waals surface area (Å²) in [5.41, 5.74) is 2.07. The Morgan fingerprint density at radius 1 is 1.29 bits per heavy atom. The van der Waals surface area contributed by atoms with Crippen LogP contribution >= 0.6 is 0 Å². The van der Waals surface area contributed by atoms with Crippen molar-refractivity contribution in [3.05, 3.63) is 17.3 Å². The van der Waals surface area contributed by atoms with E-state index in [1.54, 1.807) is 14.2 Å². The van der Waals surface area contributed by atoms with Crippen molar-refractivity contribution < 1.29 is 9.47 Å². The molecule has 1 aliphatic carbocycles. The van der Waals surface area contributed by atoms with Gasteiger partial charge in [-0.15, -0.1) is 0 Å². The van der Waals surface area contributed by atoms with Crippen molar-refractivity contribution in [2.45, 2.75) is 25.7 Å². The molecule has 76 valence electrons. The molecule has 1 saturated carbocycles. The Morgan fingerprint density at radius 3 is 2.50 bits per heavy atom. The molecule has 2 rings (SSSR count). The molecule has 1 fully saturated rings. The molecule has 0 unspecified atom stereocenters. The quantitative estimate of drug-likeness (QED) is 0.738. The number of pyridine rings is 1. The first kappa shape index (κ1) is 9.31. The van der Waals surface area contributed by atoms with Crippen molar-refractivity contribution in [2.75, 3.05) is 14.2 Å². The largest absolute Gasteiger partial charge is 0.496 e. The van der Waals surface area contributed by atoms with Crippen LogP contribution in [0.25, 0.3) is 0 Å². The maximum Gasteiger partial charge on any atom is 0.219 e. The van der Waals surface area contributed by atoms with Gasteiger partial charge in [0.1, 0.15) is 5.75 Å². The van der Waals surface area contributed by atoms with E-state index in [4.69, 9.17) is 9.47 Å². The van der Waals surface area contributed by atoms with Crippen LogP contribution in [0, 0.1) is 6.92 Å². The van der Waals surface area contributed by atoms with Crippen LogP contribution in [0.1, 0.15) is 30.0 Å². The summed E-state index contributed by atoms with van der Waals surface area (Å²) in [5.74, 6) is 2.18. The van der Waals surface area contributed by atoms with Crippen molar-refractivity contribution in [1.82, 2.24) is 4.98 Å². The molecule has 0 bridgehead atoms. The minimum atomic E-state index is 0.624. The second-order valence-electron chi connectivity index (χ2n) is 3.66. The number of aromatic nitrogens is 1. The first-order valence-corrected chi connectivity index (χ1v) is 4.85. The van der Waals surface area contributed by atoms with Gasteiger partial charge in [0.2, 0.25) is 5.88 Å². The van der Waals surface area contributed by atoms with Gasteiger partial charge in [0, 0.05) is 12.0 Å². The Balaban J connectivity index is 2.43. The predicted molar refractivity (Wildman–Crippen MR) is 54.1 cm³/mol. The number of rotatable bonds is 3. The van der Waals surface area contributed by atoms with Gasteiger partial charge < -0.3 is 9.47 Å². The minimum Gasteiger partial charge on any atom is -0.496 e. The summed E-state index contributed by atoms with van der Waals surface area (Å²) in [6, 6.07) is 2.02. The van der Waals surface area contributed by atoms with E-state index in [0.717, 1.165) is 17.0 Å². The van der Waals surface area contributed by atoms with Crippen LogP contribution in [0.5, 0.6) is 11.6 Å². The number of methoxy groups -OCH3 is 2. The first-order valence-electron chi connectivity index (χ1n) is 4.85. The third-order valence-electron chi connectivity index (χ3n) is 2.61. The summed E-state index contributed by atoms with van der Waals surface area (Å²) in [4.78, 5) is 4.46. The van der Waals surface area contributed by atoms with E-state index >= 15 is 0 Å². The Bertz CT molecular complexity index is 320. The highest BCUT2D eigenvalue weighted by atomic mass is 16.5. The number of nitrogens with zero attached hydrogens (tertiary/aromatic N) is 1. The van der Waals surface area contributed by atoms with E-state index in [9.17, 15) is 0 Å². The third-order valence-corrected chi connectivity index (χ3v) is 2.61. The second kappa shape index (κ2) is 3.48. The number of ether oxygens (including phenoxy) is 2. The fourth-order valence-corrected chi connectivity index (χ4v) is 1.58. The molecule has 3 heteroatoms. The second-order valence-corrected chi connectivity index (χ2v) is 3.66. The van der Waals surface area contributed by atoms with Gasteiger partial charge in [-0.3, -0.25) is 0 Å². The topological polar surface area (TPSA) is 31.4 Å². The van der Waals surface area contributed by atoms with E-state index in [0.29, 0.717) is 11.8 Å². The van der Waals surface area contributed by atoms with Crippen LogP contribution in [0.3, 0.4) is 0 Å². The molecule has 14 heavy (non-hydrogen) atoms. The Hall–Kier alpha value is -1.25. The highest BCUT2D eigenvalue weighted by molar-refractivity contribution is 5.42. The van der Waals surface area contributed by atoms with Gasteiger partial charge in [0.05, 0.1) is 25.5 Å². The molecular formula is C11H15NO2. The first-order chi connectivity index (χ1) is 6.76. The van der Waals surface area contributed by atoms with Crippen LogP contribution in [0.2, 0.25) is 0 Å². The Labute approximate surface area is 84.1 Å². The van der Waals surface area contributed by atoms with Gasteiger partial charge in [-0.25, -0.2) is 4.98 Å². The monoisotopic (exact) mass is 193 g/mol. The van der Waals surface area contributed by atoms with Crippen LogP contribution < -0.4 is 9.47 Å². The average molecular weight is 193 g/mol. The minimum absolute atomic E-state index is 0.624. The van der Waals surface area contributed by atoms with Gasteiger partial charge in [-0.2, -0.15) is 0 Å². The fourth-order valence-electron chi connectivity index (χ4n) is 1.58. The molecule has 1 heterocycles. The average Bonchev–Trinajstić information content (AvgIpc) is 3.02. The highest BCUT2D eigenvalue weighted by Gasteiger charge is 2.26. The lowest BCUT2D eigenvalue weighted by molar-refractivity contribution is 0.374. The lowest BCUT2D eigenvalue weighted by Gasteiger charge is -2.10. The summed E-state index contributed by atoms with van der Waals surface area (Å²) in [7, 11) is 3.32. The molecule has 0 saturated heterocycles. The van der Waals surface area contributed by atoms with Crippen molar-refractivity contribution in [1.29, 1.82) is 0 Å². The van der Waals surface area contributed by atoms with E-state index in [2.05, 4.69) is 4.98 Å². The molecule has 0 aliphatic heterocycles. The SMILES string of the molecule is COc1cc(C2CC2)nc(OC)c1C. The summed E-state index contributed by atoms with van der Waals surface area (Å²) >= 11 is 0. The molecule has 3 nitrogen and oxygen atoms in total. The molecule has 0 spiro atoms. The van der Waals surface area contributed by atoms with Crippen LogP contribution in [-0.2, 0) is 0 Å². The van der Waals surface area contributed by atoms with Crippen molar-refractivity contribution in [3.63, 3.8) is 0 Å². The molecule has 0 radical (unpaired) electrons. The maximum atomic E-state index is 5.29. The van der Waals surface area contributed by atoms with Crippen LogP contribution in [0.4, 0.5) is 0 Å². The van der Waals surface area contributed by atoms with E-state index in [-0.39, 0.29) is 0 Å². The van der Waals surface area contributed by atoms with E-state index in [1.165, 1.54) is 12.8 Å². The summed E-state index contributed by atoms with van der Waals surface area (Å²) in [6.07, 6.45) is 2.48. The van der Waals surface area contributed by atoms with Crippen molar-refractivity contribution in [2.24, 2.45) is 0 Å².